The van der Waals surface area contributed by atoms with Gasteiger partial charge in [-0.15, -0.1) is 0 Å². The Hall–Kier alpha value is -3.36. The molecule has 3 aromatic rings. The summed E-state index contributed by atoms with van der Waals surface area (Å²) in [6.07, 6.45) is 0.606. The minimum atomic E-state index is -3.64. The molecule has 1 heterocycles. The third-order valence-corrected chi connectivity index (χ3v) is 7.78. The molecule has 4 rings (SSSR count). The Morgan fingerprint density at radius 1 is 1.00 bits per heavy atom. The van der Waals surface area contributed by atoms with Crippen molar-refractivity contribution < 1.29 is 22.7 Å². The molecule has 0 aromatic heterocycles. The fraction of sp³-hybridized carbons (Fsp3) is 0.269. The highest BCUT2D eigenvalue weighted by molar-refractivity contribution is 7.89. The van der Waals surface area contributed by atoms with Gasteiger partial charge in [0, 0.05) is 18.8 Å². The summed E-state index contributed by atoms with van der Waals surface area (Å²) in [5.41, 5.74) is 4.50. The van der Waals surface area contributed by atoms with Crippen molar-refractivity contribution in [3.63, 3.8) is 0 Å². The number of anilines is 1. The van der Waals surface area contributed by atoms with Crippen molar-refractivity contribution >= 4 is 21.6 Å². The van der Waals surface area contributed by atoms with Crippen molar-refractivity contribution in [2.45, 2.75) is 31.7 Å². The molecule has 1 N–H and O–H groups in total. The number of nitrogens with zero attached hydrogens (tertiary/aromatic N) is 1. The molecule has 178 valence electrons. The van der Waals surface area contributed by atoms with E-state index in [0.29, 0.717) is 30.2 Å². The van der Waals surface area contributed by atoms with Crippen molar-refractivity contribution in [3.8, 4) is 11.5 Å². The van der Waals surface area contributed by atoms with Crippen molar-refractivity contribution in [2.75, 3.05) is 25.6 Å². The third-order valence-electron chi connectivity index (χ3n) is 5.92. The Bertz CT molecular complexity index is 1280. The number of aryl methyl sites for hydroxylation is 2. The number of hydrogen-bond acceptors (Lipinski definition) is 5. The van der Waals surface area contributed by atoms with Crippen LogP contribution in [0.4, 0.5) is 5.69 Å². The topological polar surface area (TPSA) is 84.9 Å². The first-order chi connectivity index (χ1) is 16.3. The van der Waals surface area contributed by atoms with Crippen molar-refractivity contribution in [1.82, 2.24) is 4.31 Å². The summed E-state index contributed by atoms with van der Waals surface area (Å²) < 4.78 is 38.6. The van der Waals surface area contributed by atoms with E-state index in [4.69, 9.17) is 9.47 Å². The Morgan fingerprint density at radius 3 is 2.38 bits per heavy atom. The van der Waals surface area contributed by atoms with Gasteiger partial charge >= 0.3 is 0 Å². The zero-order valence-electron chi connectivity index (χ0n) is 19.5. The highest BCUT2D eigenvalue weighted by atomic mass is 32.2. The lowest BCUT2D eigenvalue weighted by atomic mass is 10.0. The average Bonchev–Trinajstić information content (AvgIpc) is 2.83. The molecular formula is C26H28N2O5S. The predicted octanol–water partition coefficient (Wildman–Crippen LogP) is 4.08. The number of rotatable bonds is 7. The van der Waals surface area contributed by atoms with Crippen LogP contribution in [0.25, 0.3) is 0 Å². The molecule has 0 spiro atoms. The molecule has 1 aliphatic rings. The molecule has 0 saturated carbocycles. The van der Waals surface area contributed by atoms with Gasteiger partial charge in [-0.2, -0.15) is 4.31 Å². The lowest BCUT2D eigenvalue weighted by molar-refractivity contribution is -0.118. The van der Waals surface area contributed by atoms with Gasteiger partial charge < -0.3 is 14.8 Å². The van der Waals surface area contributed by atoms with E-state index in [-0.39, 0.29) is 24.0 Å². The lowest BCUT2D eigenvalue weighted by Crippen LogP contribution is -2.36. The minimum absolute atomic E-state index is 0.110. The first kappa shape index (κ1) is 23.8. The molecule has 1 aliphatic heterocycles. The number of fused-ring (bicyclic) bond motifs is 1. The van der Waals surface area contributed by atoms with Gasteiger partial charge in [0.15, 0.2) is 6.61 Å². The molecule has 7 nitrogen and oxygen atoms in total. The van der Waals surface area contributed by atoms with Gasteiger partial charge in [0.1, 0.15) is 11.5 Å². The van der Waals surface area contributed by atoms with Crippen LogP contribution in [0.3, 0.4) is 0 Å². The van der Waals surface area contributed by atoms with Crippen LogP contribution in [-0.4, -0.2) is 38.9 Å². The molecule has 8 heteroatoms. The molecule has 0 aliphatic carbocycles. The zero-order valence-corrected chi connectivity index (χ0v) is 20.3. The quantitative estimate of drug-likeness (QED) is 0.551. The summed E-state index contributed by atoms with van der Waals surface area (Å²) in [6, 6.07) is 17.8. The fourth-order valence-corrected chi connectivity index (χ4v) is 5.49. The van der Waals surface area contributed by atoms with Gasteiger partial charge in [-0.05, 0) is 78.9 Å². The zero-order chi connectivity index (χ0) is 24.3. The van der Waals surface area contributed by atoms with E-state index in [2.05, 4.69) is 5.32 Å². The molecular weight excluding hydrogens is 452 g/mol. The second-order valence-electron chi connectivity index (χ2n) is 8.31. The second kappa shape index (κ2) is 9.87. The molecule has 34 heavy (non-hydrogen) atoms. The van der Waals surface area contributed by atoms with Gasteiger partial charge in [-0.1, -0.05) is 24.3 Å². The Labute approximate surface area is 200 Å². The number of amides is 1. The van der Waals surface area contributed by atoms with Gasteiger partial charge in [-0.25, -0.2) is 8.42 Å². The van der Waals surface area contributed by atoms with Gasteiger partial charge in [0.25, 0.3) is 5.91 Å². The number of carbonyl (C=O) groups is 1. The summed E-state index contributed by atoms with van der Waals surface area (Å²) in [4.78, 5) is 12.7. The first-order valence-electron chi connectivity index (χ1n) is 11.0. The SMILES string of the molecule is COc1ccc(S(=O)(=O)N2CCc3ccc(NC(=O)COc4c(C)cccc4C)cc3C2)cc1. The van der Waals surface area contributed by atoms with E-state index < -0.39 is 10.0 Å². The number of sulfonamides is 1. The normalized spacial score (nSPS) is 13.7. The lowest BCUT2D eigenvalue weighted by Gasteiger charge is -2.28. The standard InChI is InChI=1S/C26H28N2O5S/c1-18-5-4-6-19(2)26(18)33-17-25(29)27-22-8-7-20-13-14-28(16-21(20)15-22)34(30,31)24-11-9-23(32-3)10-12-24/h4-12,15H,13-14,16-17H2,1-3H3,(H,27,29). The van der Waals surface area contributed by atoms with Crippen LogP contribution < -0.4 is 14.8 Å². The van der Waals surface area contributed by atoms with E-state index >= 15 is 0 Å². The van der Waals surface area contributed by atoms with E-state index in [1.165, 1.54) is 11.4 Å². The maximum atomic E-state index is 13.1. The number of ether oxygens (including phenoxy) is 2. The summed E-state index contributed by atoms with van der Waals surface area (Å²) >= 11 is 0. The van der Waals surface area contributed by atoms with Gasteiger partial charge in [0.05, 0.1) is 12.0 Å². The summed E-state index contributed by atoms with van der Waals surface area (Å²) in [6.45, 7) is 4.41. The van der Waals surface area contributed by atoms with E-state index in [1.807, 2.05) is 50.2 Å². The maximum absolute atomic E-state index is 13.1. The predicted molar refractivity (Wildman–Crippen MR) is 131 cm³/mol. The molecule has 0 saturated heterocycles. The molecule has 0 bridgehead atoms. The van der Waals surface area contributed by atoms with Crippen LogP contribution >= 0.6 is 0 Å². The van der Waals surface area contributed by atoms with Gasteiger partial charge in [-0.3, -0.25) is 4.79 Å². The first-order valence-corrected chi connectivity index (χ1v) is 12.5. The largest absolute Gasteiger partial charge is 0.497 e. The monoisotopic (exact) mass is 480 g/mol. The number of hydrogen-bond donors (Lipinski definition) is 1. The minimum Gasteiger partial charge on any atom is -0.497 e. The molecule has 0 atom stereocenters. The maximum Gasteiger partial charge on any atom is 0.262 e. The fourth-order valence-electron chi connectivity index (χ4n) is 4.07. The van der Waals surface area contributed by atoms with Gasteiger partial charge in [0.2, 0.25) is 10.0 Å². The Kier molecular flexibility index (Phi) is 6.90. The van der Waals surface area contributed by atoms with Crippen molar-refractivity contribution in [3.05, 3.63) is 82.9 Å². The van der Waals surface area contributed by atoms with Crippen molar-refractivity contribution in [1.29, 1.82) is 0 Å². The summed E-state index contributed by atoms with van der Waals surface area (Å²) in [5, 5.41) is 2.85. The summed E-state index contributed by atoms with van der Waals surface area (Å²) in [7, 11) is -2.10. The third kappa shape index (κ3) is 5.08. The number of methoxy groups -OCH3 is 1. The van der Waals surface area contributed by atoms with E-state index in [1.54, 1.807) is 24.3 Å². The molecule has 0 fully saturated rings. The molecule has 1 amide bonds. The molecule has 0 unspecified atom stereocenters. The number of nitrogens with one attached hydrogen (secondary N) is 1. The molecule has 0 radical (unpaired) electrons. The van der Waals surface area contributed by atoms with Crippen LogP contribution in [0, 0.1) is 13.8 Å². The van der Waals surface area contributed by atoms with Crippen LogP contribution in [0.2, 0.25) is 0 Å². The summed E-state index contributed by atoms with van der Waals surface area (Å²) in [5.74, 6) is 1.04. The number of carbonyl (C=O) groups excluding carboxylic acids is 1. The highest BCUT2D eigenvalue weighted by Crippen LogP contribution is 2.28. The molecule has 3 aromatic carbocycles. The van der Waals surface area contributed by atoms with Crippen molar-refractivity contribution in [2.24, 2.45) is 0 Å². The van der Waals surface area contributed by atoms with Crippen LogP contribution in [-0.2, 0) is 27.8 Å². The smallest absolute Gasteiger partial charge is 0.262 e. The Morgan fingerprint density at radius 2 is 1.71 bits per heavy atom. The van der Waals surface area contributed by atoms with E-state index in [9.17, 15) is 13.2 Å². The van der Waals surface area contributed by atoms with Crippen LogP contribution in [0.1, 0.15) is 22.3 Å². The number of benzene rings is 3. The highest BCUT2D eigenvalue weighted by Gasteiger charge is 2.28. The second-order valence-corrected chi connectivity index (χ2v) is 10.2. The van der Waals surface area contributed by atoms with Crippen LogP contribution in [0.5, 0.6) is 11.5 Å². The Balaban J connectivity index is 1.44. The average molecular weight is 481 g/mol. The number of para-hydroxylation sites is 1. The van der Waals surface area contributed by atoms with E-state index in [0.717, 1.165) is 22.3 Å². The van der Waals surface area contributed by atoms with Crippen LogP contribution in [0.15, 0.2) is 65.6 Å².